The van der Waals surface area contributed by atoms with E-state index in [1.165, 1.54) is 6.07 Å². The highest BCUT2D eigenvalue weighted by molar-refractivity contribution is 7.89. The Kier molecular flexibility index (Phi) is 5.60. The molecule has 0 fully saturated rings. The maximum atomic E-state index is 12.8. The molecule has 26 heavy (non-hydrogen) atoms. The van der Waals surface area contributed by atoms with Crippen molar-refractivity contribution in [1.29, 1.82) is 0 Å². The van der Waals surface area contributed by atoms with E-state index in [0.29, 0.717) is 18.2 Å². The molecule has 0 saturated carbocycles. The van der Waals surface area contributed by atoms with Gasteiger partial charge in [0.2, 0.25) is 10.0 Å². The molecule has 0 amide bonds. The van der Waals surface area contributed by atoms with Gasteiger partial charge in [0, 0.05) is 6.54 Å². The molecule has 0 bridgehead atoms. The Labute approximate surface area is 149 Å². The maximum absolute atomic E-state index is 12.8. The number of hydrogen-bond acceptors (Lipinski definition) is 2. The summed E-state index contributed by atoms with van der Waals surface area (Å²) in [7, 11) is -4.21. The lowest BCUT2D eigenvalue weighted by Gasteiger charge is -2.12. The molecule has 142 valence electrons. The van der Waals surface area contributed by atoms with Crippen molar-refractivity contribution in [3.05, 3.63) is 64.2 Å². The zero-order chi connectivity index (χ0) is 19.8. The molecular weight excluding hydrogens is 408 g/mol. The fourth-order valence-electron chi connectivity index (χ4n) is 1.98. The predicted octanol–water partition coefficient (Wildman–Crippen LogP) is 4.86. The summed E-state index contributed by atoms with van der Waals surface area (Å²) in [6.45, 7) is -0.496. The summed E-state index contributed by atoms with van der Waals surface area (Å²) in [5, 5.41) is -0.535. The van der Waals surface area contributed by atoms with Crippen LogP contribution in [-0.4, -0.2) is 8.42 Å². The zero-order valence-corrected chi connectivity index (χ0v) is 14.2. The van der Waals surface area contributed by atoms with Crippen molar-refractivity contribution in [1.82, 2.24) is 4.72 Å². The van der Waals surface area contributed by atoms with Gasteiger partial charge in [-0.3, -0.25) is 0 Å². The third-order valence-corrected chi connectivity index (χ3v) is 5.04. The van der Waals surface area contributed by atoms with Crippen LogP contribution in [0.2, 0.25) is 5.02 Å². The highest BCUT2D eigenvalue weighted by Crippen LogP contribution is 2.35. The van der Waals surface area contributed by atoms with Gasteiger partial charge in [-0.1, -0.05) is 17.7 Å². The molecule has 0 spiro atoms. The van der Waals surface area contributed by atoms with Gasteiger partial charge in [-0.25, -0.2) is 13.1 Å². The van der Waals surface area contributed by atoms with Gasteiger partial charge in [-0.05, 0) is 42.0 Å². The average molecular weight is 418 g/mol. The summed E-state index contributed by atoms with van der Waals surface area (Å²) in [5.41, 5.74) is -2.16. The molecule has 0 atom stereocenters. The molecule has 0 radical (unpaired) electrons. The fourth-order valence-corrected chi connectivity index (χ4v) is 3.23. The first-order valence-electron chi connectivity index (χ1n) is 6.83. The van der Waals surface area contributed by atoms with Crippen LogP contribution in [0.4, 0.5) is 26.3 Å². The summed E-state index contributed by atoms with van der Waals surface area (Å²) in [5.74, 6) is 0. The Morgan fingerprint density at radius 1 is 0.885 bits per heavy atom. The van der Waals surface area contributed by atoms with Crippen molar-refractivity contribution in [2.24, 2.45) is 0 Å². The van der Waals surface area contributed by atoms with Gasteiger partial charge >= 0.3 is 12.4 Å². The first-order valence-corrected chi connectivity index (χ1v) is 8.69. The van der Waals surface area contributed by atoms with Crippen LogP contribution < -0.4 is 4.72 Å². The topological polar surface area (TPSA) is 46.2 Å². The molecule has 0 aliphatic heterocycles. The van der Waals surface area contributed by atoms with Gasteiger partial charge in [0.25, 0.3) is 0 Å². The van der Waals surface area contributed by atoms with Crippen LogP contribution in [0.15, 0.2) is 47.4 Å². The number of rotatable bonds is 4. The molecule has 0 saturated heterocycles. The first kappa shape index (κ1) is 20.5. The van der Waals surface area contributed by atoms with Crippen LogP contribution in [0.5, 0.6) is 0 Å². The number of nitrogens with one attached hydrogen (secondary N) is 1. The molecular formula is C15H10ClF6NO2S. The van der Waals surface area contributed by atoms with E-state index in [-0.39, 0.29) is 5.56 Å². The Balaban J connectivity index is 2.18. The summed E-state index contributed by atoms with van der Waals surface area (Å²) in [4.78, 5) is -0.449. The lowest BCUT2D eigenvalue weighted by Crippen LogP contribution is -2.23. The van der Waals surface area contributed by atoms with Gasteiger partial charge in [-0.2, -0.15) is 26.3 Å². The SMILES string of the molecule is O=S(=O)(NCc1ccc(Cl)c(C(F)(F)F)c1)c1ccc(C(F)(F)F)cc1. The molecule has 0 aromatic heterocycles. The van der Waals surface area contributed by atoms with Gasteiger partial charge in [0.15, 0.2) is 0 Å². The normalized spacial score (nSPS) is 13.0. The lowest BCUT2D eigenvalue weighted by molar-refractivity contribution is -0.138. The highest BCUT2D eigenvalue weighted by atomic mass is 35.5. The second kappa shape index (κ2) is 7.09. The van der Waals surface area contributed by atoms with E-state index in [9.17, 15) is 34.8 Å². The van der Waals surface area contributed by atoms with Gasteiger partial charge < -0.3 is 0 Å². The van der Waals surface area contributed by atoms with E-state index in [1.807, 2.05) is 4.72 Å². The molecule has 2 rings (SSSR count). The fraction of sp³-hybridized carbons (Fsp3) is 0.200. The van der Waals surface area contributed by atoms with Crippen LogP contribution in [0.25, 0.3) is 0 Å². The minimum atomic E-state index is -4.71. The van der Waals surface area contributed by atoms with E-state index in [4.69, 9.17) is 11.6 Å². The Bertz CT molecular complexity index is 892. The van der Waals surface area contributed by atoms with Crippen LogP contribution >= 0.6 is 11.6 Å². The average Bonchev–Trinajstić information content (AvgIpc) is 2.52. The molecule has 0 aliphatic rings. The predicted molar refractivity (Wildman–Crippen MR) is 81.9 cm³/mol. The second-order valence-corrected chi connectivity index (χ2v) is 7.33. The zero-order valence-electron chi connectivity index (χ0n) is 12.6. The Morgan fingerprint density at radius 3 is 1.96 bits per heavy atom. The Morgan fingerprint density at radius 2 is 1.46 bits per heavy atom. The van der Waals surface area contributed by atoms with Crippen LogP contribution in [0.1, 0.15) is 16.7 Å². The van der Waals surface area contributed by atoms with Crippen LogP contribution in [0.3, 0.4) is 0 Å². The smallest absolute Gasteiger partial charge is 0.207 e. The highest BCUT2D eigenvalue weighted by Gasteiger charge is 2.33. The number of alkyl halides is 6. The standard InChI is InChI=1S/C15H10ClF6NO2S/c16-13-6-1-9(7-12(13)15(20,21)22)8-23-26(24,25)11-4-2-10(3-5-11)14(17,18)19/h1-7,23H,8H2. The minimum Gasteiger partial charge on any atom is -0.207 e. The van der Waals surface area contributed by atoms with Crippen molar-refractivity contribution >= 4 is 21.6 Å². The van der Waals surface area contributed by atoms with Crippen molar-refractivity contribution in [2.45, 2.75) is 23.8 Å². The van der Waals surface area contributed by atoms with E-state index in [0.717, 1.165) is 18.2 Å². The number of halogens is 7. The largest absolute Gasteiger partial charge is 0.417 e. The van der Waals surface area contributed by atoms with Crippen molar-refractivity contribution in [2.75, 3.05) is 0 Å². The molecule has 1 N–H and O–H groups in total. The van der Waals surface area contributed by atoms with E-state index in [1.54, 1.807) is 0 Å². The summed E-state index contributed by atoms with van der Waals surface area (Å²) in [6, 6.07) is 5.58. The van der Waals surface area contributed by atoms with E-state index in [2.05, 4.69) is 0 Å². The number of sulfonamides is 1. The molecule has 2 aromatic carbocycles. The van der Waals surface area contributed by atoms with Crippen molar-refractivity contribution in [3.8, 4) is 0 Å². The summed E-state index contributed by atoms with van der Waals surface area (Å²) < 4.78 is 102. The van der Waals surface area contributed by atoms with Gasteiger partial charge in [0.1, 0.15) is 0 Å². The minimum absolute atomic E-state index is 0.0165. The lowest BCUT2D eigenvalue weighted by atomic mass is 10.1. The van der Waals surface area contributed by atoms with Crippen LogP contribution in [-0.2, 0) is 28.9 Å². The molecule has 2 aromatic rings. The van der Waals surface area contributed by atoms with Crippen molar-refractivity contribution in [3.63, 3.8) is 0 Å². The summed E-state index contributed by atoms with van der Waals surface area (Å²) in [6.07, 6.45) is -9.33. The maximum Gasteiger partial charge on any atom is 0.417 e. The molecule has 0 unspecified atom stereocenters. The number of hydrogen-bond donors (Lipinski definition) is 1. The Hall–Kier alpha value is -1.78. The third kappa shape index (κ3) is 4.89. The van der Waals surface area contributed by atoms with E-state index < -0.39 is 50.0 Å². The van der Waals surface area contributed by atoms with Crippen molar-refractivity contribution < 1.29 is 34.8 Å². The van der Waals surface area contributed by atoms with Gasteiger partial charge in [0.05, 0.1) is 21.0 Å². The third-order valence-electron chi connectivity index (χ3n) is 3.29. The molecule has 11 heteroatoms. The molecule has 3 nitrogen and oxygen atoms in total. The second-order valence-electron chi connectivity index (χ2n) is 5.16. The first-order chi connectivity index (χ1) is 11.8. The molecule has 0 heterocycles. The number of benzene rings is 2. The monoisotopic (exact) mass is 417 g/mol. The van der Waals surface area contributed by atoms with Gasteiger partial charge in [-0.15, -0.1) is 0 Å². The molecule has 0 aliphatic carbocycles. The van der Waals surface area contributed by atoms with E-state index >= 15 is 0 Å². The quantitative estimate of drug-likeness (QED) is 0.722. The summed E-state index contributed by atoms with van der Waals surface area (Å²) >= 11 is 5.47. The van der Waals surface area contributed by atoms with Crippen LogP contribution in [0, 0.1) is 0 Å².